The lowest BCUT2D eigenvalue weighted by molar-refractivity contribution is -0.138. The molecule has 116 valence electrons. The van der Waals surface area contributed by atoms with E-state index >= 15 is 0 Å². The van der Waals surface area contributed by atoms with Crippen LogP contribution in [-0.2, 0) is 14.4 Å². The lowest BCUT2D eigenvalue weighted by Gasteiger charge is -2.13. The molecule has 0 saturated carbocycles. The van der Waals surface area contributed by atoms with Crippen LogP contribution in [0, 0.1) is 0 Å². The predicted molar refractivity (Wildman–Crippen MR) is 79.3 cm³/mol. The number of hydrogen-bond donors (Lipinski definition) is 1. The van der Waals surface area contributed by atoms with Crippen LogP contribution < -0.4 is 0 Å². The molecule has 0 aromatic heterocycles. The fourth-order valence-corrected chi connectivity index (χ4v) is 2.40. The number of imide groups is 1. The Morgan fingerprint density at radius 2 is 1.81 bits per heavy atom. The van der Waals surface area contributed by atoms with Gasteiger partial charge in [0.2, 0.25) is 5.91 Å². The minimum atomic E-state index is -0.716. The third-order valence-electron chi connectivity index (χ3n) is 3.51. The maximum Gasteiger partial charge on any atom is 0.272 e. The molecule has 0 atom stereocenters. The van der Waals surface area contributed by atoms with Crippen LogP contribution in [0.2, 0.25) is 0 Å². The zero-order valence-corrected chi connectivity index (χ0v) is 12.9. The predicted octanol–water partition coefficient (Wildman–Crippen LogP) is 3.02. The molecule has 0 unspecified atom stereocenters. The van der Waals surface area contributed by atoms with Crippen molar-refractivity contribution in [3.63, 3.8) is 0 Å². The van der Waals surface area contributed by atoms with Gasteiger partial charge in [-0.25, -0.2) is 4.90 Å². The minimum Gasteiger partial charge on any atom is -0.505 e. The fourth-order valence-electron chi connectivity index (χ4n) is 2.40. The maximum atomic E-state index is 12.1. The van der Waals surface area contributed by atoms with Crippen molar-refractivity contribution in [3.8, 4) is 0 Å². The molecular formula is C16H23NO4. The van der Waals surface area contributed by atoms with E-state index in [1.54, 1.807) is 6.92 Å². The van der Waals surface area contributed by atoms with Gasteiger partial charge in [0.05, 0.1) is 5.70 Å². The maximum absolute atomic E-state index is 12.1. The van der Waals surface area contributed by atoms with Gasteiger partial charge in [0.15, 0.2) is 11.5 Å². The first-order valence-corrected chi connectivity index (χ1v) is 7.43. The lowest BCUT2D eigenvalue weighted by Crippen LogP contribution is -2.31. The number of amides is 2. The molecule has 0 aromatic rings. The molecular weight excluding hydrogens is 270 g/mol. The summed E-state index contributed by atoms with van der Waals surface area (Å²) < 4.78 is 0. The van der Waals surface area contributed by atoms with E-state index in [0.29, 0.717) is 6.42 Å². The summed E-state index contributed by atoms with van der Waals surface area (Å²) in [7, 11) is 0. The highest BCUT2D eigenvalue weighted by Crippen LogP contribution is 2.29. The van der Waals surface area contributed by atoms with Gasteiger partial charge in [-0.1, -0.05) is 38.7 Å². The van der Waals surface area contributed by atoms with Gasteiger partial charge in [-0.2, -0.15) is 0 Å². The van der Waals surface area contributed by atoms with E-state index in [1.165, 1.54) is 13.0 Å². The van der Waals surface area contributed by atoms with E-state index in [0.717, 1.165) is 30.6 Å². The molecule has 21 heavy (non-hydrogen) atoms. The number of ketones is 1. The van der Waals surface area contributed by atoms with E-state index in [2.05, 4.69) is 6.92 Å². The van der Waals surface area contributed by atoms with Crippen LogP contribution in [0.15, 0.2) is 23.1 Å². The Balaban J connectivity index is 2.77. The molecule has 0 fully saturated rings. The Morgan fingerprint density at radius 1 is 1.19 bits per heavy atom. The number of unbranched alkanes of at least 4 members (excludes halogenated alkanes) is 4. The van der Waals surface area contributed by atoms with Crippen LogP contribution >= 0.6 is 0 Å². The molecule has 1 heterocycles. The number of aliphatic hydroxyl groups is 1. The van der Waals surface area contributed by atoms with Crippen LogP contribution in [0.5, 0.6) is 0 Å². The number of nitrogens with zero attached hydrogens (tertiary/aromatic N) is 1. The summed E-state index contributed by atoms with van der Waals surface area (Å²) in [5.74, 6) is -1.99. The number of rotatable bonds is 7. The second-order valence-electron chi connectivity index (χ2n) is 5.14. The first-order valence-electron chi connectivity index (χ1n) is 7.43. The molecule has 0 saturated heterocycles. The summed E-state index contributed by atoms with van der Waals surface area (Å²) >= 11 is 0. The topological polar surface area (TPSA) is 74.7 Å². The van der Waals surface area contributed by atoms with Crippen molar-refractivity contribution in [2.75, 3.05) is 0 Å². The number of carbonyl (C=O) groups is 3. The van der Waals surface area contributed by atoms with Gasteiger partial charge in [-0.15, -0.1) is 0 Å². The Bertz CT molecular complexity index is 502. The highest BCUT2D eigenvalue weighted by molar-refractivity contribution is 6.25. The highest BCUT2D eigenvalue weighted by Gasteiger charge is 2.40. The third-order valence-corrected chi connectivity index (χ3v) is 3.51. The summed E-state index contributed by atoms with van der Waals surface area (Å²) in [5.41, 5.74) is -0.157. The molecule has 0 radical (unpaired) electrons. The summed E-state index contributed by atoms with van der Waals surface area (Å²) in [5, 5.41) is 10.0. The third kappa shape index (κ3) is 3.80. The van der Waals surface area contributed by atoms with Crippen molar-refractivity contribution in [1.29, 1.82) is 0 Å². The normalized spacial score (nSPS) is 17.0. The number of allylic oxidation sites excluding steroid dienone is 1. The van der Waals surface area contributed by atoms with Crippen molar-refractivity contribution >= 4 is 17.6 Å². The molecule has 0 aromatic carbocycles. The van der Waals surface area contributed by atoms with Crippen LogP contribution in [0.1, 0.15) is 59.3 Å². The van der Waals surface area contributed by atoms with Gasteiger partial charge >= 0.3 is 0 Å². The minimum absolute atomic E-state index is 0.0989. The van der Waals surface area contributed by atoms with E-state index < -0.39 is 17.6 Å². The molecule has 1 aliphatic rings. The van der Waals surface area contributed by atoms with Crippen molar-refractivity contribution in [2.24, 2.45) is 0 Å². The molecule has 1 rings (SSSR count). The Kier molecular flexibility index (Phi) is 6.34. The van der Waals surface area contributed by atoms with Gasteiger partial charge in [0.25, 0.3) is 5.91 Å². The first-order chi connectivity index (χ1) is 9.95. The zero-order valence-electron chi connectivity index (χ0n) is 12.9. The van der Waals surface area contributed by atoms with Crippen molar-refractivity contribution in [2.45, 2.75) is 59.3 Å². The summed E-state index contributed by atoms with van der Waals surface area (Å²) in [6.45, 7) is 4.94. The Hall–Kier alpha value is -1.91. The SMILES string of the molecule is C/C=C1\C(O)=C(C(=O)CCCCCCC)C(=O)N1C(C)=O. The number of aliphatic hydroxyl groups excluding tert-OH is 1. The summed E-state index contributed by atoms with van der Waals surface area (Å²) in [6, 6.07) is 0. The molecule has 0 aliphatic carbocycles. The summed E-state index contributed by atoms with van der Waals surface area (Å²) in [4.78, 5) is 36.6. The quantitative estimate of drug-likeness (QED) is 0.578. The second kappa shape index (κ2) is 7.76. The van der Waals surface area contributed by atoms with Crippen molar-refractivity contribution in [3.05, 3.63) is 23.1 Å². The molecule has 2 amide bonds. The molecule has 5 nitrogen and oxygen atoms in total. The fraction of sp³-hybridized carbons (Fsp3) is 0.562. The number of carbonyl (C=O) groups excluding carboxylic acids is 3. The molecule has 0 bridgehead atoms. The largest absolute Gasteiger partial charge is 0.505 e. The van der Waals surface area contributed by atoms with Crippen LogP contribution in [-0.4, -0.2) is 27.6 Å². The second-order valence-corrected chi connectivity index (χ2v) is 5.14. The number of hydrogen-bond acceptors (Lipinski definition) is 4. The monoisotopic (exact) mass is 293 g/mol. The van der Waals surface area contributed by atoms with Gasteiger partial charge in [0.1, 0.15) is 5.57 Å². The molecule has 5 heteroatoms. The van der Waals surface area contributed by atoms with E-state index in [9.17, 15) is 19.5 Å². The molecule has 1 aliphatic heterocycles. The Labute approximate surface area is 125 Å². The average Bonchev–Trinajstić information content (AvgIpc) is 2.69. The van der Waals surface area contributed by atoms with Gasteiger partial charge in [-0.05, 0) is 13.3 Å². The van der Waals surface area contributed by atoms with E-state index in [4.69, 9.17) is 0 Å². The van der Waals surface area contributed by atoms with E-state index in [1.807, 2.05) is 0 Å². The van der Waals surface area contributed by atoms with Gasteiger partial charge < -0.3 is 5.11 Å². The summed E-state index contributed by atoms with van der Waals surface area (Å²) in [6.07, 6.45) is 6.59. The van der Waals surface area contributed by atoms with Gasteiger partial charge in [-0.3, -0.25) is 14.4 Å². The van der Waals surface area contributed by atoms with Crippen LogP contribution in [0.25, 0.3) is 0 Å². The highest BCUT2D eigenvalue weighted by atomic mass is 16.3. The number of Topliss-reactive ketones (excluding diaryl/α,β-unsaturated/α-hetero) is 1. The molecule has 0 spiro atoms. The molecule has 1 N–H and O–H groups in total. The first kappa shape index (κ1) is 17.1. The van der Waals surface area contributed by atoms with Crippen molar-refractivity contribution < 1.29 is 19.5 Å². The smallest absolute Gasteiger partial charge is 0.272 e. The van der Waals surface area contributed by atoms with Crippen LogP contribution in [0.4, 0.5) is 0 Å². The standard InChI is InChI=1S/C16H23NO4/c1-4-6-7-8-9-10-13(19)14-15(20)12(5-2)17(11(3)18)16(14)21/h5,20H,4,6-10H2,1-3H3/b12-5+. The van der Waals surface area contributed by atoms with Gasteiger partial charge in [0, 0.05) is 13.3 Å². The van der Waals surface area contributed by atoms with Crippen LogP contribution in [0.3, 0.4) is 0 Å². The van der Waals surface area contributed by atoms with Crippen molar-refractivity contribution in [1.82, 2.24) is 4.90 Å². The lowest BCUT2D eigenvalue weighted by atomic mass is 10.0. The Morgan fingerprint density at radius 3 is 2.29 bits per heavy atom. The zero-order chi connectivity index (χ0) is 16.0. The van der Waals surface area contributed by atoms with E-state index in [-0.39, 0.29) is 23.5 Å². The average molecular weight is 293 g/mol.